The van der Waals surface area contributed by atoms with Crippen LogP contribution in [0.3, 0.4) is 0 Å². The monoisotopic (exact) mass is 278 g/mol. The maximum atomic E-state index is 12.9. The summed E-state index contributed by atoms with van der Waals surface area (Å²) in [5.41, 5.74) is 0.658. The van der Waals surface area contributed by atoms with Gasteiger partial charge in [0.2, 0.25) is 0 Å². The third-order valence-electron chi connectivity index (χ3n) is 3.06. The molecule has 0 fully saturated rings. The number of hydrogen-bond acceptors (Lipinski definition) is 2. The van der Waals surface area contributed by atoms with Crippen molar-refractivity contribution in [2.45, 2.75) is 19.0 Å². The van der Waals surface area contributed by atoms with Crippen LogP contribution in [-0.2, 0) is 11.3 Å². The fourth-order valence-corrected chi connectivity index (χ4v) is 2.04. The number of carbonyl (C=O) groups excluding carboxylic acids is 1. The molecule has 2 unspecified atom stereocenters. The second-order valence-electron chi connectivity index (χ2n) is 4.63. The van der Waals surface area contributed by atoms with Crippen LogP contribution in [0.2, 0.25) is 0 Å². The smallest absolute Gasteiger partial charge is 0.315 e. The summed E-state index contributed by atoms with van der Waals surface area (Å²) in [4.78, 5) is 22.4. The topological polar surface area (TPSA) is 78.4 Å². The number of rotatable bonds is 4. The van der Waals surface area contributed by atoms with Crippen molar-refractivity contribution in [1.29, 1.82) is 0 Å². The van der Waals surface area contributed by atoms with E-state index in [4.69, 9.17) is 5.11 Å². The van der Waals surface area contributed by atoms with Crippen LogP contribution in [0, 0.1) is 11.7 Å². The van der Waals surface area contributed by atoms with E-state index in [9.17, 15) is 14.0 Å². The van der Waals surface area contributed by atoms with E-state index in [1.54, 1.807) is 24.3 Å². The first-order valence-corrected chi connectivity index (χ1v) is 6.24. The zero-order valence-electron chi connectivity index (χ0n) is 10.7. The van der Waals surface area contributed by atoms with Gasteiger partial charge in [-0.1, -0.05) is 24.3 Å². The van der Waals surface area contributed by atoms with Crippen molar-refractivity contribution in [1.82, 2.24) is 10.6 Å². The highest BCUT2D eigenvalue weighted by molar-refractivity contribution is 5.76. The van der Waals surface area contributed by atoms with Crippen LogP contribution >= 0.6 is 0 Å². The number of halogens is 1. The molecular formula is C14H15FN2O3. The summed E-state index contributed by atoms with van der Waals surface area (Å²) < 4.78 is 12.9. The van der Waals surface area contributed by atoms with Crippen molar-refractivity contribution in [3.05, 3.63) is 47.8 Å². The molecule has 0 radical (unpaired) electrons. The lowest BCUT2D eigenvalue weighted by Crippen LogP contribution is -2.40. The number of benzene rings is 1. The molecule has 0 spiro atoms. The molecule has 2 rings (SSSR count). The lowest BCUT2D eigenvalue weighted by atomic mass is 10.1. The summed E-state index contributed by atoms with van der Waals surface area (Å²) in [6.45, 7) is 0.211. The van der Waals surface area contributed by atoms with Crippen LogP contribution < -0.4 is 10.6 Å². The fourth-order valence-electron chi connectivity index (χ4n) is 2.04. The van der Waals surface area contributed by atoms with E-state index < -0.39 is 17.9 Å². The Labute approximate surface area is 115 Å². The molecule has 20 heavy (non-hydrogen) atoms. The third-order valence-corrected chi connectivity index (χ3v) is 3.06. The van der Waals surface area contributed by atoms with Gasteiger partial charge in [0, 0.05) is 6.54 Å². The van der Waals surface area contributed by atoms with E-state index in [1.807, 2.05) is 0 Å². The number of carboxylic acid groups (broad SMARTS) is 1. The molecule has 5 nitrogen and oxygen atoms in total. The van der Waals surface area contributed by atoms with E-state index in [0.717, 1.165) is 0 Å². The normalized spacial score (nSPS) is 20.6. The Morgan fingerprint density at radius 1 is 1.35 bits per heavy atom. The predicted molar refractivity (Wildman–Crippen MR) is 70.4 cm³/mol. The minimum atomic E-state index is -0.897. The number of urea groups is 1. The van der Waals surface area contributed by atoms with Crippen LogP contribution in [0.1, 0.15) is 12.0 Å². The summed E-state index contributed by atoms with van der Waals surface area (Å²) in [5.74, 6) is -1.80. The van der Waals surface area contributed by atoms with Gasteiger partial charge in [-0.05, 0) is 24.1 Å². The highest BCUT2D eigenvalue weighted by Gasteiger charge is 2.25. The first-order valence-electron chi connectivity index (χ1n) is 6.24. The average molecular weight is 278 g/mol. The summed E-state index contributed by atoms with van der Waals surface area (Å²) in [7, 11) is 0. The number of aliphatic carboxylic acids is 1. The van der Waals surface area contributed by atoms with Crippen LogP contribution in [0.15, 0.2) is 36.4 Å². The van der Waals surface area contributed by atoms with E-state index in [2.05, 4.69) is 10.6 Å². The Balaban J connectivity index is 1.77. The molecule has 1 aromatic carbocycles. The van der Waals surface area contributed by atoms with Crippen molar-refractivity contribution < 1.29 is 19.1 Å². The highest BCUT2D eigenvalue weighted by Crippen LogP contribution is 2.17. The molecule has 2 amide bonds. The molecule has 0 heterocycles. The van der Waals surface area contributed by atoms with Crippen LogP contribution in [0.25, 0.3) is 0 Å². The molecule has 0 saturated carbocycles. The Morgan fingerprint density at radius 2 is 2.15 bits per heavy atom. The SMILES string of the molecule is O=C(NCc1cccc(F)c1)NC1C=CC(C(=O)O)C1. The number of carbonyl (C=O) groups is 2. The molecule has 2 atom stereocenters. The zero-order chi connectivity index (χ0) is 14.5. The third kappa shape index (κ3) is 3.81. The second kappa shape index (κ2) is 6.18. The standard InChI is InChI=1S/C14H15FN2O3/c15-11-3-1-2-9(6-11)8-16-14(20)17-12-5-4-10(7-12)13(18)19/h1-6,10,12H,7-8H2,(H,18,19)(H2,16,17,20). The Kier molecular flexibility index (Phi) is 4.34. The van der Waals surface area contributed by atoms with Gasteiger partial charge in [0.15, 0.2) is 0 Å². The number of amides is 2. The van der Waals surface area contributed by atoms with Gasteiger partial charge >= 0.3 is 12.0 Å². The van der Waals surface area contributed by atoms with E-state index >= 15 is 0 Å². The maximum Gasteiger partial charge on any atom is 0.315 e. The Bertz CT molecular complexity index is 545. The quantitative estimate of drug-likeness (QED) is 0.733. The van der Waals surface area contributed by atoms with Gasteiger partial charge in [0.05, 0.1) is 12.0 Å². The van der Waals surface area contributed by atoms with Crippen LogP contribution in [0.5, 0.6) is 0 Å². The molecule has 1 aromatic rings. The molecule has 1 aliphatic rings. The Morgan fingerprint density at radius 3 is 2.80 bits per heavy atom. The minimum Gasteiger partial charge on any atom is -0.481 e. The van der Waals surface area contributed by atoms with Gasteiger partial charge < -0.3 is 15.7 Å². The van der Waals surface area contributed by atoms with Crippen LogP contribution in [0.4, 0.5) is 9.18 Å². The molecule has 0 saturated heterocycles. The largest absolute Gasteiger partial charge is 0.481 e. The molecular weight excluding hydrogens is 263 g/mol. The lowest BCUT2D eigenvalue weighted by molar-refractivity contribution is -0.140. The summed E-state index contributed by atoms with van der Waals surface area (Å²) in [6, 6.07) is 5.26. The molecule has 1 aliphatic carbocycles. The van der Waals surface area contributed by atoms with Gasteiger partial charge in [0.25, 0.3) is 0 Å². The fraction of sp³-hybridized carbons (Fsp3) is 0.286. The van der Waals surface area contributed by atoms with Crippen molar-refractivity contribution in [3.63, 3.8) is 0 Å². The van der Waals surface area contributed by atoms with Crippen LogP contribution in [-0.4, -0.2) is 23.1 Å². The first kappa shape index (κ1) is 14.0. The van der Waals surface area contributed by atoms with Gasteiger partial charge in [-0.2, -0.15) is 0 Å². The van der Waals surface area contributed by atoms with E-state index in [0.29, 0.717) is 12.0 Å². The van der Waals surface area contributed by atoms with E-state index in [1.165, 1.54) is 12.1 Å². The number of hydrogen-bond donors (Lipinski definition) is 3. The van der Waals surface area contributed by atoms with Gasteiger partial charge in [0.1, 0.15) is 5.82 Å². The molecule has 6 heteroatoms. The molecule has 3 N–H and O–H groups in total. The average Bonchev–Trinajstić information content (AvgIpc) is 2.85. The molecule has 0 bridgehead atoms. The summed E-state index contributed by atoms with van der Waals surface area (Å²) in [5, 5.41) is 14.1. The van der Waals surface area contributed by atoms with Crippen molar-refractivity contribution in [2.75, 3.05) is 0 Å². The molecule has 0 aliphatic heterocycles. The first-order chi connectivity index (χ1) is 9.54. The van der Waals surface area contributed by atoms with Crippen molar-refractivity contribution in [2.24, 2.45) is 5.92 Å². The Hall–Kier alpha value is -2.37. The van der Waals surface area contributed by atoms with Gasteiger partial charge in [-0.25, -0.2) is 9.18 Å². The predicted octanol–water partition coefficient (Wildman–Crippen LogP) is 1.65. The van der Waals surface area contributed by atoms with Gasteiger partial charge in [-0.3, -0.25) is 4.79 Å². The van der Waals surface area contributed by atoms with E-state index in [-0.39, 0.29) is 18.4 Å². The summed E-state index contributed by atoms with van der Waals surface area (Å²) in [6.07, 6.45) is 3.59. The number of nitrogens with one attached hydrogen (secondary N) is 2. The molecule has 106 valence electrons. The lowest BCUT2D eigenvalue weighted by Gasteiger charge is -2.13. The second-order valence-corrected chi connectivity index (χ2v) is 4.63. The van der Waals surface area contributed by atoms with Gasteiger partial charge in [-0.15, -0.1) is 0 Å². The highest BCUT2D eigenvalue weighted by atomic mass is 19.1. The molecule has 0 aromatic heterocycles. The number of carboxylic acids is 1. The van der Waals surface area contributed by atoms with Crippen molar-refractivity contribution in [3.8, 4) is 0 Å². The zero-order valence-corrected chi connectivity index (χ0v) is 10.7. The maximum absolute atomic E-state index is 12.9. The minimum absolute atomic E-state index is 0.211. The summed E-state index contributed by atoms with van der Waals surface area (Å²) >= 11 is 0. The van der Waals surface area contributed by atoms with Crippen molar-refractivity contribution >= 4 is 12.0 Å².